The first-order valence-electron chi connectivity index (χ1n) is 11.4. The van der Waals surface area contributed by atoms with Crippen LogP contribution in [0.25, 0.3) is 0 Å². The molecule has 0 aromatic rings. The fourth-order valence-corrected chi connectivity index (χ4v) is 2.96. The van der Waals surface area contributed by atoms with Gasteiger partial charge in [0, 0.05) is 0 Å². The van der Waals surface area contributed by atoms with Crippen molar-refractivity contribution in [1.82, 2.24) is 5.32 Å². The molecule has 5 nitrogen and oxygen atoms in total. The van der Waals surface area contributed by atoms with Gasteiger partial charge in [0.15, 0.2) is 0 Å². The predicted molar refractivity (Wildman–Crippen MR) is 115 cm³/mol. The highest BCUT2D eigenvalue weighted by molar-refractivity contribution is 5.81. The summed E-state index contributed by atoms with van der Waals surface area (Å²) in [5, 5.41) is 2.68. The van der Waals surface area contributed by atoms with Gasteiger partial charge in [0.1, 0.15) is 11.6 Å². The van der Waals surface area contributed by atoms with E-state index in [2.05, 4.69) is 12.2 Å². The summed E-state index contributed by atoms with van der Waals surface area (Å²) in [6, 6.07) is -0.664. The lowest BCUT2D eigenvalue weighted by molar-refractivity contribution is -0.147. The molecule has 0 bridgehead atoms. The molecule has 0 rings (SSSR count). The number of amides is 1. The largest absolute Gasteiger partial charge is 0.464 e. The van der Waals surface area contributed by atoms with E-state index in [-0.39, 0.29) is 11.9 Å². The van der Waals surface area contributed by atoms with Crippen LogP contribution in [0.5, 0.6) is 0 Å². The zero-order valence-electron chi connectivity index (χ0n) is 19.3. The third-order valence-corrected chi connectivity index (χ3v) is 4.88. The maximum Gasteiger partial charge on any atom is 0.408 e. The number of ether oxygens (including phenoxy) is 2. The molecule has 0 aliphatic carbocycles. The van der Waals surface area contributed by atoms with Crippen LogP contribution in [0, 0.1) is 5.92 Å². The highest BCUT2D eigenvalue weighted by Gasteiger charge is 2.29. The Kier molecular flexibility index (Phi) is 14.9. The van der Waals surface area contributed by atoms with Gasteiger partial charge in [-0.2, -0.15) is 0 Å². The number of carbonyl (C=O) groups excluding carboxylic acids is 2. The lowest BCUT2D eigenvalue weighted by atomic mass is 9.99. The van der Waals surface area contributed by atoms with E-state index in [4.69, 9.17) is 9.47 Å². The summed E-state index contributed by atoms with van der Waals surface area (Å²) >= 11 is 0. The van der Waals surface area contributed by atoms with Crippen LogP contribution in [-0.4, -0.2) is 30.3 Å². The zero-order valence-corrected chi connectivity index (χ0v) is 19.3. The Labute approximate surface area is 173 Å². The molecule has 0 aliphatic rings. The molecule has 5 heteroatoms. The second-order valence-electron chi connectivity index (χ2n) is 8.86. The summed E-state index contributed by atoms with van der Waals surface area (Å²) in [7, 11) is 0. The molecule has 2 unspecified atom stereocenters. The molecule has 0 saturated heterocycles. The molecule has 0 heterocycles. The minimum atomic E-state index is -0.664. The second-order valence-corrected chi connectivity index (χ2v) is 8.86. The minimum Gasteiger partial charge on any atom is -0.464 e. The van der Waals surface area contributed by atoms with Crippen LogP contribution in [-0.2, 0) is 14.3 Å². The average Bonchev–Trinajstić information content (AvgIpc) is 2.61. The van der Waals surface area contributed by atoms with Gasteiger partial charge in [-0.1, -0.05) is 85.0 Å². The van der Waals surface area contributed by atoms with Gasteiger partial charge in [-0.15, -0.1) is 0 Å². The van der Waals surface area contributed by atoms with Gasteiger partial charge in [-0.3, -0.25) is 0 Å². The van der Waals surface area contributed by atoms with E-state index in [0.29, 0.717) is 6.61 Å². The highest BCUT2D eigenvalue weighted by Crippen LogP contribution is 2.13. The van der Waals surface area contributed by atoms with Crippen molar-refractivity contribution in [2.24, 2.45) is 5.92 Å². The fourth-order valence-electron chi connectivity index (χ4n) is 2.96. The van der Waals surface area contributed by atoms with E-state index in [1.807, 2.05) is 13.8 Å². The maximum atomic E-state index is 12.4. The topological polar surface area (TPSA) is 64.6 Å². The Morgan fingerprint density at radius 2 is 1.36 bits per heavy atom. The SMILES string of the molecule is CCCCCCCCCCCCOC(=O)C(NC(=O)OC(C)(C)C)C(C)CC. The van der Waals surface area contributed by atoms with Crippen molar-refractivity contribution in [2.45, 2.75) is 124 Å². The maximum absolute atomic E-state index is 12.4. The van der Waals surface area contributed by atoms with Gasteiger partial charge in [0.05, 0.1) is 6.61 Å². The van der Waals surface area contributed by atoms with Gasteiger partial charge in [-0.25, -0.2) is 9.59 Å². The molecule has 0 saturated carbocycles. The zero-order chi connectivity index (χ0) is 21.4. The molecule has 0 spiro atoms. The van der Waals surface area contributed by atoms with Crippen molar-refractivity contribution in [3.05, 3.63) is 0 Å². The molecule has 0 fully saturated rings. The van der Waals surface area contributed by atoms with Crippen molar-refractivity contribution >= 4 is 12.1 Å². The fraction of sp³-hybridized carbons (Fsp3) is 0.913. The van der Waals surface area contributed by atoms with Gasteiger partial charge < -0.3 is 14.8 Å². The number of unbranched alkanes of at least 4 members (excludes halogenated alkanes) is 9. The van der Waals surface area contributed by atoms with E-state index in [9.17, 15) is 9.59 Å². The first-order chi connectivity index (χ1) is 13.2. The molecule has 1 N–H and O–H groups in total. The number of esters is 1. The van der Waals surface area contributed by atoms with Crippen LogP contribution in [0.2, 0.25) is 0 Å². The van der Waals surface area contributed by atoms with Crippen LogP contribution in [0.15, 0.2) is 0 Å². The van der Waals surface area contributed by atoms with Gasteiger partial charge in [0.2, 0.25) is 0 Å². The number of carbonyl (C=O) groups is 2. The lowest BCUT2D eigenvalue weighted by Gasteiger charge is -2.25. The van der Waals surface area contributed by atoms with Crippen molar-refractivity contribution in [3.8, 4) is 0 Å². The van der Waals surface area contributed by atoms with Gasteiger partial charge in [-0.05, 0) is 33.1 Å². The van der Waals surface area contributed by atoms with E-state index < -0.39 is 17.7 Å². The van der Waals surface area contributed by atoms with Crippen molar-refractivity contribution in [2.75, 3.05) is 6.61 Å². The Morgan fingerprint density at radius 3 is 1.82 bits per heavy atom. The Balaban J connectivity index is 4.01. The van der Waals surface area contributed by atoms with E-state index in [1.54, 1.807) is 20.8 Å². The first-order valence-corrected chi connectivity index (χ1v) is 11.4. The standard InChI is InChI=1S/C23H45NO4/c1-7-9-10-11-12-13-14-15-16-17-18-27-21(25)20(19(3)8-2)24-22(26)28-23(4,5)6/h19-20H,7-18H2,1-6H3,(H,24,26). The molecule has 28 heavy (non-hydrogen) atoms. The number of rotatable bonds is 15. The Bertz CT molecular complexity index is 417. The summed E-state index contributed by atoms with van der Waals surface area (Å²) in [5.41, 5.74) is -0.593. The molecule has 2 atom stereocenters. The van der Waals surface area contributed by atoms with Gasteiger partial charge >= 0.3 is 12.1 Å². The molecule has 166 valence electrons. The summed E-state index contributed by atoms with van der Waals surface area (Å²) in [4.78, 5) is 24.4. The summed E-state index contributed by atoms with van der Waals surface area (Å²) in [6.07, 6.45) is 12.6. The van der Waals surface area contributed by atoms with E-state index >= 15 is 0 Å². The molecular formula is C23H45NO4. The quantitative estimate of drug-likeness (QED) is 0.256. The highest BCUT2D eigenvalue weighted by atomic mass is 16.6. The van der Waals surface area contributed by atoms with Gasteiger partial charge in [0.25, 0.3) is 0 Å². The average molecular weight is 400 g/mol. The number of nitrogens with one attached hydrogen (secondary N) is 1. The van der Waals surface area contributed by atoms with Crippen LogP contribution in [0.4, 0.5) is 4.79 Å². The molecule has 0 aromatic heterocycles. The second kappa shape index (κ2) is 15.6. The van der Waals surface area contributed by atoms with E-state index in [1.165, 1.54) is 51.4 Å². The number of alkyl carbamates (subject to hydrolysis) is 1. The summed E-state index contributed by atoms with van der Waals surface area (Å²) < 4.78 is 10.7. The molecule has 1 amide bonds. The summed E-state index contributed by atoms with van der Waals surface area (Å²) in [5.74, 6) is -0.371. The Morgan fingerprint density at radius 1 is 0.857 bits per heavy atom. The van der Waals surface area contributed by atoms with Crippen molar-refractivity contribution < 1.29 is 19.1 Å². The van der Waals surface area contributed by atoms with E-state index in [0.717, 1.165) is 19.3 Å². The Hall–Kier alpha value is -1.26. The van der Waals surface area contributed by atoms with Crippen LogP contribution < -0.4 is 5.32 Å². The molecule has 0 aromatic carbocycles. The minimum absolute atomic E-state index is 0.00673. The predicted octanol–water partition coefficient (Wildman–Crippen LogP) is 6.39. The summed E-state index contributed by atoms with van der Waals surface area (Å²) in [6.45, 7) is 12.0. The first kappa shape index (κ1) is 26.7. The number of hydrogen-bond acceptors (Lipinski definition) is 4. The van der Waals surface area contributed by atoms with Crippen molar-refractivity contribution in [3.63, 3.8) is 0 Å². The third kappa shape index (κ3) is 14.8. The monoisotopic (exact) mass is 399 g/mol. The normalized spacial score (nSPS) is 13.6. The van der Waals surface area contributed by atoms with Crippen LogP contribution in [0.1, 0.15) is 112 Å². The van der Waals surface area contributed by atoms with Crippen LogP contribution in [0.3, 0.4) is 0 Å². The van der Waals surface area contributed by atoms with Crippen LogP contribution >= 0.6 is 0 Å². The molecular weight excluding hydrogens is 354 g/mol. The molecule has 0 aliphatic heterocycles. The lowest BCUT2D eigenvalue weighted by Crippen LogP contribution is -2.47. The number of hydrogen-bond donors (Lipinski definition) is 1. The third-order valence-electron chi connectivity index (χ3n) is 4.88. The molecule has 0 radical (unpaired) electrons. The smallest absolute Gasteiger partial charge is 0.408 e. The van der Waals surface area contributed by atoms with Crippen molar-refractivity contribution in [1.29, 1.82) is 0 Å².